The van der Waals surface area contributed by atoms with E-state index in [0.717, 1.165) is 54.8 Å². The number of aryl methyl sites for hydroxylation is 1. The molecular weight excluding hydrogens is 318 g/mol. The summed E-state index contributed by atoms with van der Waals surface area (Å²) >= 11 is 3.51. The number of benzene rings is 1. The highest BCUT2D eigenvalue weighted by Crippen LogP contribution is 2.32. The second-order valence-corrected chi connectivity index (χ2v) is 6.40. The van der Waals surface area contributed by atoms with E-state index in [2.05, 4.69) is 45.6 Å². The molecule has 5 heteroatoms. The Morgan fingerprint density at radius 3 is 2.85 bits per heavy atom. The Hall–Kier alpha value is -0.910. The third-order valence-corrected chi connectivity index (χ3v) is 4.48. The summed E-state index contributed by atoms with van der Waals surface area (Å²) in [5, 5.41) is 0. The Bertz CT molecular complexity index is 617. The molecule has 0 aliphatic carbocycles. The van der Waals surface area contributed by atoms with Crippen LogP contribution in [-0.2, 0) is 16.8 Å². The van der Waals surface area contributed by atoms with Crippen LogP contribution in [0.4, 0.5) is 0 Å². The molecule has 0 bridgehead atoms. The summed E-state index contributed by atoms with van der Waals surface area (Å²) in [6, 6.07) is 6.25. The summed E-state index contributed by atoms with van der Waals surface area (Å²) in [4.78, 5) is 4.84. The minimum atomic E-state index is -0.362. The first-order chi connectivity index (χ1) is 9.64. The van der Waals surface area contributed by atoms with Crippen LogP contribution in [0.25, 0.3) is 11.0 Å². The zero-order valence-corrected chi connectivity index (χ0v) is 13.3. The van der Waals surface area contributed by atoms with Gasteiger partial charge >= 0.3 is 0 Å². The van der Waals surface area contributed by atoms with Crippen LogP contribution >= 0.6 is 15.9 Å². The maximum atomic E-state index is 6.64. The molecule has 1 aliphatic rings. The first kappa shape index (κ1) is 14.0. The van der Waals surface area contributed by atoms with Crippen molar-refractivity contribution in [2.24, 2.45) is 5.73 Å². The minimum Gasteiger partial charge on any atom is -0.381 e. The second-order valence-electron chi connectivity index (χ2n) is 5.49. The van der Waals surface area contributed by atoms with Crippen molar-refractivity contribution in [2.75, 3.05) is 13.2 Å². The van der Waals surface area contributed by atoms with Gasteiger partial charge in [-0.1, -0.05) is 22.9 Å². The molecule has 0 amide bonds. The molecule has 2 N–H and O–H groups in total. The van der Waals surface area contributed by atoms with Gasteiger partial charge in [0.25, 0.3) is 0 Å². The van der Waals surface area contributed by atoms with Gasteiger partial charge in [0.05, 0.1) is 16.6 Å². The van der Waals surface area contributed by atoms with Gasteiger partial charge in [-0.2, -0.15) is 0 Å². The number of imidazole rings is 1. The normalized spacial score (nSPS) is 18.6. The summed E-state index contributed by atoms with van der Waals surface area (Å²) in [6.45, 7) is 4.57. The highest BCUT2D eigenvalue weighted by atomic mass is 79.9. The molecule has 1 fully saturated rings. The summed E-state index contributed by atoms with van der Waals surface area (Å²) < 4.78 is 8.79. The van der Waals surface area contributed by atoms with Crippen molar-refractivity contribution in [3.8, 4) is 0 Å². The van der Waals surface area contributed by atoms with E-state index in [0.29, 0.717) is 0 Å². The quantitative estimate of drug-likeness (QED) is 0.935. The molecule has 0 saturated carbocycles. The number of rotatable bonds is 3. The lowest BCUT2D eigenvalue weighted by molar-refractivity contribution is 0.0480. The number of aromatic nitrogens is 2. The fourth-order valence-corrected chi connectivity index (χ4v) is 3.24. The van der Waals surface area contributed by atoms with Crippen molar-refractivity contribution in [3.63, 3.8) is 0 Å². The van der Waals surface area contributed by atoms with Crippen LogP contribution in [0.1, 0.15) is 32.0 Å². The Balaban J connectivity index is 2.15. The highest BCUT2D eigenvalue weighted by Gasteiger charge is 2.35. The first-order valence-electron chi connectivity index (χ1n) is 7.17. The summed E-state index contributed by atoms with van der Waals surface area (Å²) in [5.74, 6) is 1.01. The molecule has 1 saturated heterocycles. The lowest BCUT2D eigenvalue weighted by atomic mass is 9.90. The van der Waals surface area contributed by atoms with Crippen LogP contribution in [0.15, 0.2) is 22.7 Å². The fourth-order valence-electron chi connectivity index (χ4n) is 2.89. The number of hydrogen-bond acceptors (Lipinski definition) is 3. The molecule has 2 heterocycles. The largest absolute Gasteiger partial charge is 0.381 e. The van der Waals surface area contributed by atoms with Gasteiger partial charge in [0.15, 0.2) is 0 Å². The molecule has 108 valence electrons. The molecule has 3 rings (SSSR count). The van der Waals surface area contributed by atoms with Crippen molar-refractivity contribution in [2.45, 2.75) is 38.3 Å². The second kappa shape index (κ2) is 5.47. The highest BCUT2D eigenvalue weighted by molar-refractivity contribution is 9.10. The van der Waals surface area contributed by atoms with Crippen molar-refractivity contribution >= 4 is 27.0 Å². The third kappa shape index (κ3) is 2.38. The van der Waals surface area contributed by atoms with Gasteiger partial charge in [-0.15, -0.1) is 0 Å². The summed E-state index contributed by atoms with van der Waals surface area (Å²) in [6.07, 6.45) is 2.74. The molecule has 0 spiro atoms. The Labute approximate surface area is 127 Å². The van der Waals surface area contributed by atoms with Crippen molar-refractivity contribution in [1.29, 1.82) is 0 Å². The van der Waals surface area contributed by atoms with Crippen LogP contribution in [0, 0.1) is 0 Å². The number of fused-ring (bicyclic) bond motifs is 1. The van der Waals surface area contributed by atoms with Crippen molar-refractivity contribution in [1.82, 2.24) is 9.55 Å². The van der Waals surface area contributed by atoms with Crippen LogP contribution in [-0.4, -0.2) is 22.8 Å². The van der Waals surface area contributed by atoms with Crippen LogP contribution in [0.3, 0.4) is 0 Å². The number of ether oxygens (including phenoxy) is 1. The molecule has 1 aromatic heterocycles. The molecule has 0 radical (unpaired) electrons. The Morgan fingerprint density at radius 1 is 1.40 bits per heavy atom. The molecule has 0 unspecified atom stereocenters. The minimum absolute atomic E-state index is 0.362. The zero-order valence-electron chi connectivity index (χ0n) is 11.7. The monoisotopic (exact) mass is 337 g/mol. The number of hydrogen-bond donors (Lipinski definition) is 1. The van der Waals surface area contributed by atoms with Gasteiger partial charge in [0.1, 0.15) is 5.82 Å². The van der Waals surface area contributed by atoms with E-state index in [1.165, 1.54) is 5.52 Å². The fraction of sp³-hybridized carbons (Fsp3) is 0.533. The maximum absolute atomic E-state index is 6.64. The predicted octanol–water partition coefficient (Wildman–Crippen LogP) is 3.17. The van der Waals surface area contributed by atoms with E-state index in [9.17, 15) is 0 Å². The van der Waals surface area contributed by atoms with Gasteiger partial charge < -0.3 is 15.0 Å². The van der Waals surface area contributed by atoms with Crippen LogP contribution in [0.2, 0.25) is 0 Å². The first-order valence-corrected chi connectivity index (χ1v) is 7.96. The Kier molecular flexibility index (Phi) is 3.84. The molecular formula is C15H20BrN3O. The SMILES string of the molecule is CCCn1c(C2(N)CCOCC2)nc2cc(Br)ccc21. The molecule has 2 aromatic rings. The van der Waals surface area contributed by atoms with Crippen LogP contribution < -0.4 is 5.73 Å². The average Bonchev–Trinajstić information content (AvgIpc) is 2.79. The molecule has 4 nitrogen and oxygen atoms in total. The summed E-state index contributed by atoms with van der Waals surface area (Å²) in [7, 11) is 0. The van der Waals surface area contributed by atoms with Gasteiger partial charge in [-0.05, 0) is 37.5 Å². The van der Waals surface area contributed by atoms with E-state index in [-0.39, 0.29) is 5.54 Å². The van der Waals surface area contributed by atoms with E-state index in [1.807, 2.05) is 0 Å². The molecule has 0 atom stereocenters. The molecule has 1 aromatic carbocycles. The van der Waals surface area contributed by atoms with E-state index < -0.39 is 0 Å². The lowest BCUT2D eigenvalue weighted by Gasteiger charge is -2.33. The van der Waals surface area contributed by atoms with Gasteiger partial charge in [0, 0.05) is 24.2 Å². The lowest BCUT2D eigenvalue weighted by Crippen LogP contribution is -2.44. The molecule has 20 heavy (non-hydrogen) atoms. The molecule has 1 aliphatic heterocycles. The van der Waals surface area contributed by atoms with Gasteiger partial charge in [-0.3, -0.25) is 0 Å². The van der Waals surface area contributed by atoms with E-state index >= 15 is 0 Å². The number of halogens is 1. The standard InChI is InChI=1S/C15H20BrN3O/c1-2-7-19-13-4-3-11(16)10-12(13)18-14(19)15(17)5-8-20-9-6-15/h3-4,10H,2,5-9,17H2,1H3. The van der Waals surface area contributed by atoms with Crippen molar-refractivity contribution in [3.05, 3.63) is 28.5 Å². The maximum Gasteiger partial charge on any atom is 0.130 e. The van der Waals surface area contributed by atoms with Gasteiger partial charge in [-0.25, -0.2) is 4.98 Å². The smallest absolute Gasteiger partial charge is 0.130 e. The summed E-state index contributed by atoms with van der Waals surface area (Å²) in [5.41, 5.74) is 8.46. The van der Waals surface area contributed by atoms with Crippen molar-refractivity contribution < 1.29 is 4.74 Å². The Morgan fingerprint density at radius 2 is 2.15 bits per heavy atom. The predicted molar refractivity (Wildman–Crippen MR) is 83.6 cm³/mol. The van der Waals surface area contributed by atoms with Crippen LogP contribution in [0.5, 0.6) is 0 Å². The van der Waals surface area contributed by atoms with E-state index in [4.69, 9.17) is 15.5 Å². The topological polar surface area (TPSA) is 53.1 Å². The third-order valence-electron chi connectivity index (χ3n) is 3.99. The number of nitrogens with zero attached hydrogens (tertiary/aromatic N) is 2. The zero-order chi connectivity index (χ0) is 14.2. The average molecular weight is 338 g/mol. The van der Waals surface area contributed by atoms with Gasteiger partial charge in [0.2, 0.25) is 0 Å². The number of nitrogens with two attached hydrogens (primary N) is 1. The van der Waals surface area contributed by atoms with E-state index in [1.54, 1.807) is 0 Å².